The van der Waals surface area contributed by atoms with E-state index in [4.69, 9.17) is 10.2 Å². The van der Waals surface area contributed by atoms with Crippen LogP contribution in [0.4, 0.5) is 0 Å². The summed E-state index contributed by atoms with van der Waals surface area (Å²) in [5.74, 6) is 0. The van der Waals surface area contributed by atoms with Gasteiger partial charge in [-0.05, 0) is 22.4 Å². The third-order valence-electron chi connectivity index (χ3n) is 0.629. The average Bonchev–Trinajstić information content (AvgIpc) is 1.59. The molecule has 0 aliphatic rings. The molecule has 2 N–H and O–H groups in total. The molecule has 0 rings (SSSR count). The first-order valence-electron chi connectivity index (χ1n) is 2.26. The van der Waals surface area contributed by atoms with Gasteiger partial charge in [0.05, 0.1) is 0 Å². The highest BCUT2D eigenvalue weighted by molar-refractivity contribution is 9.10. The van der Waals surface area contributed by atoms with Crippen LogP contribution in [0.3, 0.4) is 0 Å². The van der Waals surface area contributed by atoms with Crippen molar-refractivity contribution in [1.82, 2.24) is 0 Å². The lowest BCUT2D eigenvalue weighted by Gasteiger charge is -2.10. The molecule has 0 amide bonds. The molecule has 0 fully saturated rings. The van der Waals surface area contributed by atoms with Crippen molar-refractivity contribution in [1.29, 1.82) is 0 Å². The highest BCUT2D eigenvalue weighted by atomic mass is 79.9. The van der Waals surface area contributed by atoms with Crippen molar-refractivity contribution in [2.45, 2.75) is 17.5 Å². The first kappa shape index (κ1) is 8.88. The standard InChI is InChI=1S/C4H8Br2O2/c5-3-1-2-4(6,7)8/h7-8H,1-3H2. The minimum atomic E-state index is -1.67. The smallest absolute Gasteiger partial charge is 0.221 e. The van der Waals surface area contributed by atoms with Crippen molar-refractivity contribution in [3.8, 4) is 0 Å². The third kappa shape index (κ3) is 6.88. The number of alkyl halides is 2. The molecule has 0 atom stereocenters. The fourth-order valence-corrected chi connectivity index (χ4v) is 0.852. The van der Waals surface area contributed by atoms with E-state index >= 15 is 0 Å². The predicted octanol–water partition coefficient (Wildman–Crippen LogP) is 1.19. The van der Waals surface area contributed by atoms with Crippen molar-refractivity contribution in [3.63, 3.8) is 0 Å². The van der Waals surface area contributed by atoms with Crippen molar-refractivity contribution >= 4 is 31.9 Å². The fraction of sp³-hybridized carbons (Fsp3) is 1.00. The zero-order chi connectivity index (χ0) is 6.62. The summed E-state index contributed by atoms with van der Waals surface area (Å²) in [6.45, 7) is 0. The summed E-state index contributed by atoms with van der Waals surface area (Å²) in [5.41, 5.74) is 0. The van der Waals surface area contributed by atoms with E-state index in [1.807, 2.05) is 0 Å². The first-order chi connectivity index (χ1) is 3.56. The monoisotopic (exact) mass is 246 g/mol. The molecule has 0 aliphatic heterocycles. The Bertz CT molecular complexity index is 59.5. The molecule has 0 aromatic carbocycles. The molecule has 50 valence electrons. The topological polar surface area (TPSA) is 40.5 Å². The van der Waals surface area contributed by atoms with Crippen LogP contribution >= 0.6 is 31.9 Å². The van der Waals surface area contributed by atoms with E-state index in [0.717, 1.165) is 11.8 Å². The average molecular weight is 248 g/mol. The largest absolute Gasteiger partial charge is 0.357 e. The van der Waals surface area contributed by atoms with E-state index in [0.29, 0.717) is 6.42 Å². The van der Waals surface area contributed by atoms with Gasteiger partial charge in [0.2, 0.25) is 4.70 Å². The lowest BCUT2D eigenvalue weighted by Crippen LogP contribution is -2.17. The first-order valence-corrected chi connectivity index (χ1v) is 4.17. The van der Waals surface area contributed by atoms with Crippen LogP contribution in [0.25, 0.3) is 0 Å². The summed E-state index contributed by atoms with van der Waals surface area (Å²) in [7, 11) is 0. The lowest BCUT2D eigenvalue weighted by atomic mass is 10.3. The Morgan fingerprint density at radius 2 is 1.88 bits per heavy atom. The zero-order valence-corrected chi connectivity index (χ0v) is 7.44. The van der Waals surface area contributed by atoms with Crippen molar-refractivity contribution in [3.05, 3.63) is 0 Å². The van der Waals surface area contributed by atoms with Crippen LogP contribution in [-0.4, -0.2) is 20.2 Å². The highest BCUT2D eigenvalue weighted by Crippen LogP contribution is 2.16. The molecular formula is C4H8Br2O2. The Kier molecular flexibility index (Phi) is 4.24. The van der Waals surface area contributed by atoms with Crippen molar-refractivity contribution in [2.75, 3.05) is 5.33 Å². The number of rotatable bonds is 3. The van der Waals surface area contributed by atoms with E-state index in [2.05, 4.69) is 31.9 Å². The molecule has 0 saturated heterocycles. The minimum Gasteiger partial charge on any atom is -0.357 e. The Morgan fingerprint density at radius 1 is 1.38 bits per heavy atom. The van der Waals surface area contributed by atoms with Crippen LogP contribution in [0.1, 0.15) is 12.8 Å². The summed E-state index contributed by atoms with van der Waals surface area (Å²) in [4.78, 5) is 0. The molecule has 8 heavy (non-hydrogen) atoms. The van der Waals surface area contributed by atoms with E-state index in [9.17, 15) is 0 Å². The van der Waals surface area contributed by atoms with Gasteiger partial charge in [-0.1, -0.05) is 15.9 Å². The van der Waals surface area contributed by atoms with Crippen molar-refractivity contribution < 1.29 is 10.2 Å². The second kappa shape index (κ2) is 3.82. The van der Waals surface area contributed by atoms with Crippen LogP contribution in [0, 0.1) is 0 Å². The Morgan fingerprint density at radius 3 is 2.00 bits per heavy atom. The SMILES string of the molecule is OC(O)(Br)CCCBr. The molecule has 4 heteroatoms. The molecule has 0 heterocycles. The number of hydrogen-bond donors (Lipinski definition) is 2. The van der Waals surface area contributed by atoms with Gasteiger partial charge in [-0.25, -0.2) is 0 Å². The number of halogens is 2. The summed E-state index contributed by atoms with van der Waals surface area (Å²) < 4.78 is -1.67. The van der Waals surface area contributed by atoms with Gasteiger partial charge in [-0.2, -0.15) is 0 Å². The van der Waals surface area contributed by atoms with Crippen LogP contribution in [0.15, 0.2) is 0 Å². The number of aliphatic hydroxyl groups is 2. The molecule has 2 nitrogen and oxygen atoms in total. The normalized spacial score (nSPS) is 12.0. The molecular weight excluding hydrogens is 240 g/mol. The summed E-state index contributed by atoms with van der Waals surface area (Å²) in [5, 5.41) is 18.0. The third-order valence-corrected chi connectivity index (χ3v) is 1.59. The number of hydrogen-bond acceptors (Lipinski definition) is 2. The Labute approximate surface area is 65.2 Å². The van der Waals surface area contributed by atoms with Gasteiger partial charge >= 0.3 is 0 Å². The molecule has 0 aliphatic carbocycles. The molecule has 0 unspecified atom stereocenters. The van der Waals surface area contributed by atoms with Gasteiger partial charge in [-0.15, -0.1) is 0 Å². The van der Waals surface area contributed by atoms with E-state index < -0.39 is 4.70 Å². The van der Waals surface area contributed by atoms with Gasteiger partial charge in [-0.3, -0.25) is 0 Å². The predicted molar refractivity (Wildman–Crippen MR) is 39.1 cm³/mol. The molecule has 0 saturated carbocycles. The Balaban J connectivity index is 3.11. The fourth-order valence-electron chi connectivity index (χ4n) is 0.292. The quantitative estimate of drug-likeness (QED) is 0.581. The highest BCUT2D eigenvalue weighted by Gasteiger charge is 2.15. The molecule has 0 aromatic heterocycles. The van der Waals surface area contributed by atoms with Crippen LogP contribution in [0.5, 0.6) is 0 Å². The summed E-state index contributed by atoms with van der Waals surface area (Å²) in [6.07, 6.45) is 1.09. The van der Waals surface area contributed by atoms with Gasteiger partial charge < -0.3 is 10.2 Å². The van der Waals surface area contributed by atoms with Gasteiger partial charge in [0.15, 0.2) is 0 Å². The van der Waals surface area contributed by atoms with Crippen LogP contribution < -0.4 is 0 Å². The van der Waals surface area contributed by atoms with E-state index in [-0.39, 0.29) is 0 Å². The molecule has 0 bridgehead atoms. The van der Waals surface area contributed by atoms with Crippen molar-refractivity contribution in [2.24, 2.45) is 0 Å². The Hall–Kier alpha value is 0.880. The zero-order valence-electron chi connectivity index (χ0n) is 4.27. The molecule has 0 aromatic rings. The van der Waals surface area contributed by atoms with Crippen LogP contribution in [-0.2, 0) is 0 Å². The van der Waals surface area contributed by atoms with Gasteiger partial charge in [0.1, 0.15) is 0 Å². The van der Waals surface area contributed by atoms with E-state index in [1.165, 1.54) is 0 Å². The van der Waals surface area contributed by atoms with Gasteiger partial charge in [0, 0.05) is 11.8 Å². The van der Waals surface area contributed by atoms with Gasteiger partial charge in [0.25, 0.3) is 0 Å². The lowest BCUT2D eigenvalue weighted by molar-refractivity contribution is -0.0739. The maximum atomic E-state index is 8.60. The molecule has 0 radical (unpaired) electrons. The minimum absolute atomic E-state index is 0.345. The van der Waals surface area contributed by atoms with Crippen LogP contribution in [0.2, 0.25) is 0 Å². The maximum Gasteiger partial charge on any atom is 0.221 e. The van der Waals surface area contributed by atoms with E-state index in [1.54, 1.807) is 0 Å². The maximum absolute atomic E-state index is 8.60. The second-order valence-corrected chi connectivity index (χ2v) is 3.57. The molecule has 0 spiro atoms. The summed E-state index contributed by atoms with van der Waals surface area (Å²) in [6, 6.07) is 0. The second-order valence-electron chi connectivity index (χ2n) is 1.51. The summed E-state index contributed by atoms with van der Waals surface area (Å²) >= 11 is 5.83.